The number of phenolic OH excluding ortho intramolecular Hbond substituents is 1. The number of carbonyl (C=O) groups excluding carboxylic acids is 2. The minimum absolute atomic E-state index is 0.00505. The van der Waals surface area contributed by atoms with Gasteiger partial charge in [0.25, 0.3) is 5.91 Å². The second-order valence-electron chi connectivity index (χ2n) is 5.91. The molecule has 3 aromatic rings. The Hall–Kier alpha value is -3.74. The highest BCUT2D eigenvalue weighted by Crippen LogP contribution is 2.29. The fourth-order valence-electron chi connectivity index (χ4n) is 2.71. The molecule has 0 aromatic heterocycles. The van der Waals surface area contributed by atoms with Gasteiger partial charge in [0, 0.05) is 29.3 Å². The third kappa shape index (κ3) is 4.15. The summed E-state index contributed by atoms with van der Waals surface area (Å²) in [5, 5.41) is 14.2. The van der Waals surface area contributed by atoms with E-state index in [-0.39, 0.29) is 11.3 Å². The van der Waals surface area contributed by atoms with E-state index in [9.17, 15) is 14.7 Å². The summed E-state index contributed by atoms with van der Waals surface area (Å²) in [5.41, 5.74) is 0.431. The number of hydrogen-bond donors (Lipinski definition) is 2. The lowest BCUT2D eigenvalue weighted by Gasteiger charge is -2.11. The standard InChI is InChI=1S/C21H19NO6/c1-26-15-9-14(10-16(11-15)27-2)22-19(23)12-28-21(25)18-8-7-13-5-3-4-6-17(13)20(18)24/h3-11,24H,12H2,1-2H3,(H,22,23). The van der Waals surface area contributed by atoms with Crippen LogP contribution in [-0.4, -0.2) is 37.8 Å². The van der Waals surface area contributed by atoms with E-state index in [1.54, 1.807) is 36.4 Å². The largest absolute Gasteiger partial charge is 0.506 e. The maximum absolute atomic E-state index is 12.3. The molecule has 0 saturated heterocycles. The molecule has 2 N–H and O–H groups in total. The monoisotopic (exact) mass is 381 g/mol. The number of benzene rings is 3. The summed E-state index contributed by atoms with van der Waals surface area (Å²) in [5.74, 6) is -0.493. The van der Waals surface area contributed by atoms with Gasteiger partial charge >= 0.3 is 5.97 Å². The van der Waals surface area contributed by atoms with Gasteiger partial charge in [0.15, 0.2) is 6.61 Å². The van der Waals surface area contributed by atoms with E-state index < -0.39 is 18.5 Å². The third-order valence-electron chi connectivity index (χ3n) is 4.09. The molecule has 0 atom stereocenters. The molecule has 3 aromatic carbocycles. The van der Waals surface area contributed by atoms with Crippen molar-refractivity contribution < 1.29 is 28.9 Å². The number of carbonyl (C=O) groups is 2. The van der Waals surface area contributed by atoms with Gasteiger partial charge in [0.2, 0.25) is 0 Å². The van der Waals surface area contributed by atoms with Gasteiger partial charge in [-0.2, -0.15) is 0 Å². The summed E-state index contributed by atoms with van der Waals surface area (Å²) in [6.45, 7) is -0.509. The summed E-state index contributed by atoms with van der Waals surface area (Å²) in [6.07, 6.45) is 0. The first-order valence-electron chi connectivity index (χ1n) is 8.42. The zero-order chi connectivity index (χ0) is 20.1. The number of nitrogens with one attached hydrogen (secondary N) is 1. The van der Waals surface area contributed by atoms with Crippen LogP contribution in [0, 0.1) is 0 Å². The molecule has 144 valence electrons. The average Bonchev–Trinajstić information content (AvgIpc) is 2.72. The Morgan fingerprint density at radius 3 is 2.32 bits per heavy atom. The Morgan fingerprint density at radius 1 is 0.964 bits per heavy atom. The molecule has 7 heteroatoms. The van der Waals surface area contributed by atoms with Crippen LogP contribution >= 0.6 is 0 Å². The van der Waals surface area contributed by atoms with Crippen LogP contribution in [0.25, 0.3) is 10.8 Å². The van der Waals surface area contributed by atoms with Crippen molar-refractivity contribution in [1.82, 2.24) is 0 Å². The summed E-state index contributed by atoms with van der Waals surface area (Å²) >= 11 is 0. The molecule has 1 amide bonds. The van der Waals surface area contributed by atoms with Crippen LogP contribution in [0.4, 0.5) is 5.69 Å². The molecular weight excluding hydrogens is 362 g/mol. The number of phenols is 1. The summed E-state index contributed by atoms with van der Waals surface area (Å²) in [6, 6.07) is 15.2. The van der Waals surface area contributed by atoms with E-state index in [2.05, 4.69) is 5.32 Å². The number of aromatic hydroxyl groups is 1. The van der Waals surface area contributed by atoms with E-state index >= 15 is 0 Å². The highest BCUT2D eigenvalue weighted by molar-refractivity contribution is 6.02. The zero-order valence-corrected chi connectivity index (χ0v) is 15.4. The predicted octanol–water partition coefficient (Wildman–Crippen LogP) is 3.36. The minimum Gasteiger partial charge on any atom is -0.506 e. The third-order valence-corrected chi connectivity index (χ3v) is 4.09. The number of anilines is 1. The Morgan fingerprint density at radius 2 is 1.64 bits per heavy atom. The quantitative estimate of drug-likeness (QED) is 0.636. The number of esters is 1. The first-order valence-corrected chi connectivity index (χ1v) is 8.42. The predicted molar refractivity (Wildman–Crippen MR) is 104 cm³/mol. The van der Waals surface area contributed by atoms with Gasteiger partial charge in [-0.3, -0.25) is 4.79 Å². The number of rotatable bonds is 6. The molecule has 3 rings (SSSR count). The van der Waals surface area contributed by atoms with Crippen molar-refractivity contribution in [3.05, 3.63) is 60.2 Å². The van der Waals surface area contributed by atoms with Crippen molar-refractivity contribution in [2.45, 2.75) is 0 Å². The first kappa shape index (κ1) is 19.0. The molecule has 0 aliphatic rings. The molecule has 0 bridgehead atoms. The van der Waals surface area contributed by atoms with Gasteiger partial charge in [-0.25, -0.2) is 4.79 Å². The van der Waals surface area contributed by atoms with Crippen molar-refractivity contribution in [3.63, 3.8) is 0 Å². The summed E-state index contributed by atoms with van der Waals surface area (Å²) < 4.78 is 15.3. The number of ether oxygens (including phenoxy) is 3. The molecule has 0 saturated carbocycles. The van der Waals surface area contributed by atoms with Crippen molar-refractivity contribution in [3.8, 4) is 17.2 Å². The van der Waals surface area contributed by atoms with E-state index in [0.29, 0.717) is 22.6 Å². The van der Waals surface area contributed by atoms with Crippen LogP contribution in [0.15, 0.2) is 54.6 Å². The summed E-state index contributed by atoms with van der Waals surface area (Å²) in [4.78, 5) is 24.4. The highest BCUT2D eigenvalue weighted by Gasteiger charge is 2.16. The fourth-order valence-corrected chi connectivity index (χ4v) is 2.71. The molecule has 7 nitrogen and oxygen atoms in total. The molecule has 0 aliphatic heterocycles. The normalized spacial score (nSPS) is 10.4. The summed E-state index contributed by atoms with van der Waals surface area (Å²) in [7, 11) is 3.00. The van der Waals surface area contributed by atoms with Crippen LogP contribution in [0.5, 0.6) is 17.2 Å². The van der Waals surface area contributed by atoms with Crippen molar-refractivity contribution in [2.24, 2.45) is 0 Å². The lowest BCUT2D eigenvalue weighted by Crippen LogP contribution is -2.21. The molecule has 28 heavy (non-hydrogen) atoms. The highest BCUT2D eigenvalue weighted by atomic mass is 16.5. The Kier molecular flexibility index (Phi) is 5.64. The lowest BCUT2D eigenvalue weighted by atomic mass is 10.1. The van der Waals surface area contributed by atoms with Crippen molar-refractivity contribution >= 4 is 28.3 Å². The SMILES string of the molecule is COc1cc(NC(=O)COC(=O)c2ccc3ccccc3c2O)cc(OC)c1. The molecule has 0 heterocycles. The van der Waals surface area contributed by atoms with Crippen LogP contribution in [0.2, 0.25) is 0 Å². The van der Waals surface area contributed by atoms with Crippen LogP contribution in [0.3, 0.4) is 0 Å². The van der Waals surface area contributed by atoms with Crippen LogP contribution < -0.4 is 14.8 Å². The first-order chi connectivity index (χ1) is 13.5. The molecule has 0 aliphatic carbocycles. The maximum Gasteiger partial charge on any atom is 0.342 e. The van der Waals surface area contributed by atoms with Crippen LogP contribution in [0.1, 0.15) is 10.4 Å². The maximum atomic E-state index is 12.3. The number of amides is 1. The van der Waals surface area contributed by atoms with Crippen molar-refractivity contribution in [1.29, 1.82) is 0 Å². The van der Waals surface area contributed by atoms with Gasteiger partial charge in [-0.1, -0.05) is 30.3 Å². The number of hydrogen-bond acceptors (Lipinski definition) is 6. The molecule has 0 spiro atoms. The minimum atomic E-state index is -0.790. The number of fused-ring (bicyclic) bond motifs is 1. The van der Waals surface area contributed by atoms with Gasteiger partial charge in [0.1, 0.15) is 22.8 Å². The Labute approximate surface area is 161 Å². The zero-order valence-electron chi connectivity index (χ0n) is 15.4. The van der Waals surface area contributed by atoms with Gasteiger partial charge in [0.05, 0.1) is 14.2 Å². The molecule has 0 fully saturated rings. The van der Waals surface area contributed by atoms with Gasteiger partial charge in [-0.05, 0) is 11.5 Å². The fraction of sp³-hybridized carbons (Fsp3) is 0.143. The van der Waals surface area contributed by atoms with Crippen LogP contribution in [-0.2, 0) is 9.53 Å². The van der Waals surface area contributed by atoms with Gasteiger partial charge in [-0.15, -0.1) is 0 Å². The Balaban J connectivity index is 1.66. The van der Waals surface area contributed by atoms with E-state index in [0.717, 1.165) is 5.39 Å². The van der Waals surface area contributed by atoms with E-state index in [1.165, 1.54) is 20.3 Å². The Bertz CT molecular complexity index is 1010. The van der Waals surface area contributed by atoms with Crippen molar-refractivity contribution in [2.75, 3.05) is 26.1 Å². The lowest BCUT2D eigenvalue weighted by molar-refractivity contribution is -0.119. The van der Waals surface area contributed by atoms with Gasteiger partial charge < -0.3 is 24.6 Å². The smallest absolute Gasteiger partial charge is 0.342 e. The number of methoxy groups -OCH3 is 2. The van der Waals surface area contributed by atoms with E-state index in [1.807, 2.05) is 12.1 Å². The topological polar surface area (TPSA) is 94.1 Å². The second-order valence-corrected chi connectivity index (χ2v) is 5.91. The van der Waals surface area contributed by atoms with E-state index in [4.69, 9.17) is 14.2 Å². The second kappa shape index (κ2) is 8.30. The average molecular weight is 381 g/mol. The molecular formula is C21H19NO6. The molecule has 0 unspecified atom stereocenters. The molecule has 0 radical (unpaired) electrons.